The van der Waals surface area contributed by atoms with Gasteiger partial charge in [0.1, 0.15) is 11.6 Å². The zero-order valence-electron chi connectivity index (χ0n) is 23.8. The molecule has 3 fully saturated rings. The van der Waals surface area contributed by atoms with Crippen LogP contribution in [-0.4, -0.2) is 86.6 Å². The van der Waals surface area contributed by atoms with Crippen molar-refractivity contribution in [2.45, 2.75) is 76.3 Å². The Morgan fingerprint density at radius 1 is 1.13 bits per heavy atom. The second kappa shape index (κ2) is 10.9. The average Bonchev–Trinajstić information content (AvgIpc) is 3.45. The van der Waals surface area contributed by atoms with Crippen molar-refractivity contribution in [1.29, 1.82) is 0 Å². The van der Waals surface area contributed by atoms with Crippen LogP contribution in [0.25, 0.3) is 0 Å². The van der Waals surface area contributed by atoms with Crippen molar-refractivity contribution in [3.05, 3.63) is 61.2 Å². The third kappa shape index (κ3) is 4.93. The molecule has 0 saturated carbocycles. The van der Waals surface area contributed by atoms with Gasteiger partial charge >= 0.3 is 0 Å². The Labute approximate surface area is 232 Å². The van der Waals surface area contributed by atoms with Crippen molar-refractivity contribution in [3.63, 3.8) is 0 Å². The number of aliphatic hydroxyl groups excluding tert-OH is 1. The number of carbonyl (C=O) groups is 3. The molecular weight excluding hydrogens is 494 g/mol. The van der Waals surface area contributed by atoms with Crippen LogP contribution in [0, 0.1) is 11.8 Å². The lowest BCUT2D eigenvalue weighted by Gasteiger charge is -2.42. The number of benzene rings is 1. The Bertz CT molecular complexity index is 1110. The quantitative estimate of drug-likeness (QED) is 0.438. The molecule has 4 rings (SSSR count). The summed E-state index contributed by atoms with van der Waals surface area (Å²) in [5.41, 5.74) is -1.49. The maximum Gasteiger partial charge on any atom is 0.249 e. The highest BCUT2D eigenvalue weighted by atomic mass is 16.5. The van der Waals surface area contributed by atoms with Crippen molar-refractivity contribution in [2.24, 2.45) is 11.8 Å². The summed E-state index contributed by atoms with van der Waals surface area (Å²) in [5.74, 6) is -2.10. The number of hydrogen-bond acceptors (Lipinski definition) is 5. The lowest BCUT2D eigenvalue weighted by Crippen LogP contribution is -2.60. The Morgan fingerprint density at radius 2 is 1.79 bits per heavy atom. The summed E-state index contributed by atoms with van der Waals surface area (Å²) in [6.07, 6.45) is 4.81. The van der Waals surface area contributed by atoms with E-state index in [0.717, 1.165) is 5.56 Å². The first-order valence-corrected chi connectivity index (χ1v) is 13.9. The van der Waals surface area contributed by atoms with Crippen molar-refractivity contribution < 1.29 is 24.2 Å². The summed E-state index contributed by atoms with van der Waals surface area (Å²) in [6.45, 7) is 16.6. The van der Waals surface area contributed by atoms with Crippen molar-refractivity contribution >= 4 is 17.7 Å². The first kappa shape index (κ1) is 29.0. The highest BCUT2D eigenvalue weighted by molar-refractivity contribution is 5.99. The SMILES string of the molecule is C=CCN(Cc1ccccc1)C(=O)[C@@H]1[C@H]2C(=O)N(CCCO)C(C(=O)N(CC=C)C(C)(C)C)C23CC[C@@]1(C)O3. The van der Waals surface area contributed by atoms with Crippen LogP contribution in [0.5, 0.6) is 0 Å². The van der Waals surface area contributed by atoms with Gasteiger partial charge in [0.05, 0.1) is 17.4 Å². The Balaban J connectivity index is 1.76. The molecule has 3 aliphatic rings. The van der Waals surface area contributed by atoms with E-state index in [1.165, 1.54) is 0 Å². The molecule has 1 N–H and O–H groups in total. The molecule has 2 unspecified atom stereocenters. The minimum atomic E-state index is -1.10. The first-order valence-electron chi connectivity index (χ1n) is 13.9. The molecule has 0 aliphatic carbocycles. The highest BCUT2D eigenvalue weighted by Crippen LogP contribution is 2.63. The zero-order valence-corrected chi connectivity index (χ0v) is 23.8. The standard InChI is InChI=1S/C31H43N3O5/c1-7-17-32(21-22-13-10-9-11-14-22)26(36)23-24-27(37)33(19-12-20-35)25(31(24)16-15-30(23,6)39-31)28(38)34(18-8-2)29(3,4)5/h7-11,13-14,23-25,35H,1-2,12,15-21H2,3-6H3/t23-,24-,25?,30+,31?/m0/s1. The smallest absolute Gasteiger partial charge is 0.249 e. The van der Waals surface area contributed by atoms with Crippen LogP contribution in [0.4, 0.5) is 0 Å². The topological polar surface area (TPSA) is 90.4 Å². The number of ether oxygens (including phenoxy) is 1. The number of aliphatic hydroxyl groups is 1. The van der Waals surface area contributed by atoms with Gasteiger partial charge in [-0.25, -0.2) is 0 Å². The predicted molar refractivity (Wildman–Crippen MR) is 149 cm³/mol. The molecule has 8 nitrogen and oxygen atoms in total. The van der Waals surface area contributed by atoms with E-state index >= 15 is 0 Å². The Hall–Kier alpha value is -2.97. The third-order valence-electron chi connectivity index (χ3n) is 8.60. The molecule has 5 atom stereocenters. The molecule has 39 heavy (non-hydrogen) atoms. The number of nitrogens with zero attached hydrogens (tertiary/aromatic N) is 3. The minimum Gasteiger partial charge on any atom is -0.396 e. The number of carbonyl (C=O) groups excluding carboxylic acids is 3. The van der Waals surface area contributed by atoms with Gasteiger partial charge in [0.15, 0.2) is 0 Å². The van der Waals surface area contributed by atoms with E-state index in [2.05, 4.69) is 13.2 Å². The van der Waals surface area contributed by atoms with E-state index in [1.807, 2.05) is 58.0 Å². The molecule has 2 bridgehead atoms. The molecule has 3 aliphatic heterocycles. The van der Waals surface area contributed by atoms with Gasteiger partial charge in [0.2, 0.25) is 17.7 Å². The van der Waals surface area contributed by atoms with E-state index in [4.69, 9.17) is 4.74 Å². The third-order valence-corrected chi connectivity index (χ3v) is 8.60. The molecule has 1 aromatic carbocycles. The number of hydrogen-bond donors (Lipinski definition) is 1. The largest absolute Gasteiger partial charge is 0.396 e. The Morgan fingerprint density at radius 3 is 2.38 bits per heavy atom. The number of fused-ring (bicyclic) bond motifs is 1. The van der Waals surface area contributed by atoms with E-state index in [9.17, 15) is 19.5 Å². The van der Waals surface area contributed by atoms with Crippen LogP contribution >= 0.6 is 0 Å². The fraction of sp³-hybridized carbons (Fsp3) is 0.581. The molecule has 1 spiro atoms. The van der Waals surface area contributed by atoms with Gasteiger partial charge in [-0.2, -0.15) is 0 Å². The number of amides is 3. The van der Waals surface area contributed by atoms with Gasteiger partial charge in [0, 0.05) is 38.3 Å². The highest BCUT2D eigenvalue weighted by Gasteiger charge is 2.78. The molecule has 212 valence electrons. The summed E-state index contributed by atoms with van der Waals surface area (Å²) in [6, 6.07) is 8.86. The van der Waals surface area contributed by atoms with E-state index in [-0.39, 0.29) is 30.9 Å². The lowest BCUT2D eigenvalue weighted by atomic mass is 9.66. The molecule has 0 aromatic heterocycles. The van der Waals surface area contributed by atoms with E-state index in [0.29, 0.717) is 38.9 Å². The summed E-state index contributed by atoms with van der Waals surface area (Å²) < 4.78 is 6.77. The second-order valence-electron chi connectivity index (χ2n) is 12.2. The van der Waals surface area contributed by atoms with E-state index < -0.39 is 34.6 Å². The van der Waals surface area contributed by atoms with Crippen LogP contribution < -0.4 is 0 Å². The summed E-state index contributed by atoms with van der Waals surface area (Å²) in [4.78, 5) is 47.8. The predicted octanol–water partition coefficient (Wildman–Crippen LogP) is 3.16. The lowest BCUT2D eigenvalue weighted by molar-refractivity contribution is -0.156. The molecule has 8 heteroatoms. The first-order chi connectivity index (χ1) is 18.4. The fourth-order valence-corrected chi connectivity index (χ4v) is 6.92. The zero-order chi connectivity index (χ0) is 28.6. The molecule has 0 radical (unpaired) electrons. The van der Waals surface area contributed by atoms with Gasteiger partial charge < -0.3 is 24.5 Å². The van der Waals surface area contributed by atoms with E-state index in [1.54, 1.807) is 26.9 Å². The van der Waals surface area contributed by atoms with Crippen molar-refractivity contribution in [1.82, 2.24) is 14.7 Å². The van der Waals surface area contributed by atoms with Crippen LogP contribution in [0.1, 0.15) is 52.5 Å². The fourth-order valence-electron chi connectivity index (χ4n) is 6.92. The minimum absolute atomic E-state index is 0.108. The maximum absolute atomic E-state index is 14.3. The van der Waals surface area contributed by atoms with Crippen LogP contribution in [0.15, 0.2) is 55.6 Å². The molecule has 3 heterocycles. The summed E-state index contributed by atoms with van der Waals surface area (Å²) >= 11 is 0. The number of likely N-dealkylation sites (tertiary alicyclic amines) is 1. The van der Waals surface area contributed by atoms with Crippen LogP contribution in [0.2, 0.25) is 0 Å². The normalized spacial score (nSPS) is 29.3. The van der Waals surface area contributed by atoms with Crippen molar-refractivity contribution in [3.8, 4) is 0 Å². The monoisotopic (exact) mass is 537 g/mol. The maximum atomic E-state index is 14.3. The molecule has 3 saturated heterocycles. The van der Waals surface area contributed by atoms with Gasteiger partial charge in [-0.3, -0.25) is 14.4 Å². The van der Waals surface area contributed by atoms with Gasteiger partial charge in [-0.15, -0.1) is 13.2 Å². The molecular formula is C31H43N3O5. The summed E-state index contributed by atoms with van der Waals surface area (Å²) in [5, 5.41) is 9.60. The van der Waals surface area contributed by atoms with Gasteiger partial charge in [-0.1, -0.05) is 42.5 Å². The summed E-state index contributed by atoms with van der Waals surface area (Å²) in [7, 11) is 0. The van der Waals surface area contributed by atoms with Crippen LogP contribution in [0.3, 0.4) is 0 Å². The molecule has 3 amide bonds. The van der Waals surface area contributed by atoms with Crippen LogP contribution in [-0.2, 0) is 25.7 Å². The average molecular weight is 538 g/mol. The molecule has 1 aromatic rings. The van der Waals surface area contributed by atoms with Crippen molar-refractivity contribution in [2.75, 3.05) is 26.2 Å². The van der Waals surface area contributed by atoms with Gasteiger partial charge in [0.25, 0.3) is 0 Å². The Kier molecular flexibility index (Phi) is 8.11. The van der Waals surface area contributed by atoms with Gasteiger partial charge in [-0.05, 0) is 52.5 Å². The second-order valence-corrected chi connectivity index (χ2v) is 12.2. The number of rotatable bonds is 11.